The summed E-state index contributed by atoms with van der Waals surface area (Å²) < 4.78 is 43.6. The zero-order chi connectivity index (χ0) is 17.9. The molecule has 1 saturated heterocycles. The minimum absolute atomic E-state index is 0.232. The first-order valence-corrected chi connectivity index (χ1v) is 11.6. The molecule has 0 saturated carbocycles. The predicted octanol–water partition coefficient (Wildman–Crippen LogP) is 3.65. The molecule has 7 heteroatoms. The molecular formula is C18H22N2O3S2. The SMILES string of the molecule is CS(=O)(=O)c1ccc(N=S(=O)(c2ccccc2)N2CCCCC2)cc1. The predicted molar refractivity (Wildman–Crippen MR) is 99.9 cm³/mol. The van der Waals surface area contributed by atoms with Crippen LogP contribution >= 0.6 is 0 Å². The summed E-state index contributed by atoms with van der Waals surface area (Å²) in [6.07, 6.45) is 4.32. The average molecular weight is 379 g/mol. The third-order valence-corrected chi connectivity index (χ3v) is 7.75. The van der Waals surface area contributed by atoms with Crippen LogP contribution in [0.2, 0.25) is 0 Å². The molecule has 5 nitrogen and oxygen atoms in total. The Morgan fingerprint density at radius 2 is 1.40 bits per heavy atom. The molecule has 3 rings (SSSR count). The fourth-order valence-corrected chi connectivity index (χ4v) is 5.69. The summed E-state index contributed by atoms with van der Waals surface area (Å²) in [7, 11) is -6.02. The van der Waals surface area contributed by atoms with Crippen LogP contribution in [-0.2, 0) is 19.8 Å². The van der Waals surface area contributed by atoms with E-state index in [1.807, 2.05) is 34.6 Å². The molecule has 0 aliphatic carbocycles. The lowest BCUT2D eigenvalue weighted by atomic mass is 10.2. The van der Waals surface area contributed by atoms with Crippen molar-refractivity contribution in [1.82, 2.24) is 4.31 Å². The first-order valence-electron chi connectivity index (χ1n) is 8.27. The van der Waals surface area contributed by atoms with Gasteiger partial charge in [0.1, 0.15) is 9.92 Å². The van der Waals surface area contributed by atoms with E-state index in [-0.39, 0.29) is 4.90 Å². The van der Waals surface area contributed by atoms with Gasteiger partial charge < -0.3 is 0 Å². The summed E-state index contributed by atoms with van der Waals surface area (Å²) in [5, 5.41) is 0. The van der Waals surface area contributed by atoms with Gasteiger partial charge in [-0.05, 0) is 49.2 Å². The van der Waals surface area contributed by atoms with Crippen LogP contribution in [0.15, 0.2) is 68.8 Å². The quantitative estimate of drug-likeness (QED) is 0.815. The Morgan fingerprint density at radius 1 is 0.800 bits per heavy atom. The van der Waals surface area contributed by atoms with Crippen molar-refractivity contribution < 1.29 is 12.6 Å². The van der Waals surface area contributed by atoms with Gasteiger partial charge in [0.15, 0.2) is 9.84 Å². The van der Waals surface area contributed by atoms with Crippen molar-refractivity contribution in [3.05, 3.63) is 54.6 Å². The molecular weight excluding hydrogens is 356 g/mol. The fraction of sp³-hybridized carbons (Fsp3) is 0.333. The monoisotopic (exact) mass is 378 g/mol. The van der Waals surface area contributed by atoms with E-state index < -0.39 is 19.8 Å². The van der Waals surface area contributed by atoms with E-state index in [1.165, 1.54) is 18.4 Å². The van der Waals surface area contributed by atoms with Gasteiger partial charge >= 0.3 is 0 Å². The average Bonchev–Trinajstić information content (AvgIpc) is 2.63. The Bertz CT molecular complexity index is 940. The normalized spacial score (nSPS) is 18.4. The van der Waals surface area contributed by atoms with Crippen LogP contribution < -0.4 is 0 Å². The van der Waals surface area contributed by atoms with Crippen molar-refractivity contribution in [2.45, 2.75) is 29.1 Å². The lowest BCUT2D eigenvalue weighted by molar-refractivity contribution is 0.362. The highest BCUT2D eigenvalue weighted by Crippen LogP contribution is 2.27. The molecule has 1 fully saturated rings. The van der Waals surface area contributed by atoms with Gasteiger partial charge in [-0.3, -0.25) is 0 Å². The van der Waals surface area contributed by atoms with Gasteiger partial charge in [-0.15, -0.1) is 0 Å². The standard InChI is InChI=1S/C18H22N2O3S2/c1-24(21,22)17-12-10-16(11-13-17)19-25(23,18-8-4-2-5-9-18)20-14-6-3-7-15-20/h2,4-5,8-13H,3,6-7,14-15H2,1H3. The molecule has 134 valence electrons. The molecule has 1 aliphatic heterocycles. The summed E-state index contributed by atoms with van der Waals surface area (Å²) in [5.74, 6) is 0. The fourth-order valence-electron chi connectivity index (χ4n) is 2.87. The van der Waals surface area contributed by atoms with E-state index in [9.17, 15) is 12.6 Å². The molecule has 0 amide bonds. The zero-order valence-electron chi connectivity index (χ0n) is 14.2. The third kappa shape index (κ3) is 4.11. The Morgan fingerprint density at radius 3 is 1.96 bits per heavy atom. The van der Waals surface area contributed by atoms with Gasteiger partial charge in [-0.25, -0.2) is 16.9 Å². The number of nitrogens with zero attached hydrogens (tertiary/aromatic N) is 2. The molecule has 1 aliphatic rings. The first-order chi connectivity index (χ1) is 11.9. The lowest BCUT2D eigenvalue weighted by Gasteiger charge is -2.29. The third-order valence-electron chi connectivity index (χ3n) is 4.21. The Labute approximate surface area is 149 Å². The maximum Gasteiger partial charge on any atom is 0.175 e. The van der Waals surface area contributed by atoms with Crippen molar-refractivity contribution in [2.75, 3.05) is 19.3 Å². The molecule has 0 aromatic heterocycles. The van der Waals surface area contributed by atoms with E-state index in [0.717, 1.165) is 32.4 Å². The summed E-state index contributed by atoms with van der Waals surface area (Å²) in [6.45, 7) is 1.50. The van der Waals surface area contributed by atoms with Crippen molar-refractivity contribution in [3.63, 3.8) is 0 Å². The first kappa shape index (κ1) is 18.1. The minimum Gasteiger partial charge on any atom is -0.228 e. The molecule has 1 heterocycles. The van der Waals surface area contributed by atoms with Crippen molar-refractivity contribution in [1.29, 1.82) is 0 Å². The van der Waals surface area contributed by atoms with Crippen LogP contribution in [0.25, 0.3) is 0 Å². The van der Waals surface area contributed by atoms with Crippen LogP contribution in [0.3, 0.4) is 0 Å². The highest BCUT2D eigenvalue weighted by atomic mass is 32.2. The van der Waals surface area contributed by atoms with Crippen molar-refractivity contribution in [2.24, 2.45) is 4.36 Å². The van der Waals surface area contributed by atoms with Gasteiger partial charge in [-0.2, -0.15) is 4.36 Å². The second-order valence-electron chi connectivity index (χ2n) is 6.16. The maximum absolute atomic E-state index is 13.8. The molecule has 0 spiro atoms. The maximum atomic E-state index is 13.8. The van der Waals surface area contributed by atoms with Crippen molar-refractivity contribution >= 4 is 25.4 Å². The van der Waals surface area contributed by atoms with E-state index in [4.69, 9.17) is 0 Å². The molecule has 2 aromatic carbocycles. The van der Waals surface area contributed by atoms with Crippen LogP contribution in [0.5, 0.6) is 0 Å². The van der Waals surface area contributed by atoms with Gasteiger partial charge in [0.2, 0.25) is 0 Å². The highest BCUT2D eigenvalue weighted by molar-refractivity contribution is 7.91. The van der Waals surface area contributed by atoms with Crippen LogP contribution in [0.1, 0.15) is 19.3 Å². The topological polar surface area (TPSA) is 66.8 Å². The molecule has 2 aromatic rings. The van der Waals surface area contributed by atoms with E-state index in [0.29, 0.717) is 10.6 Å². The minimum atomic E-state index is -3.26. The Kier molecular flexibility index (Phi) is 5.27. The Balaban J connectivity index is 2.08. The van der Waals surface area contributed by atoms with Crippen LogP contribution in [0, 0.1) is 0 Å². The summed E-state index contributed by atoms with van der Waals surface area (Å²) >= 11 is 0. The number of sulfone groups is 1. The lowest BCUT2D eigenvalue weighted by Crippen LogP contribution is -2.35. The van der Waals surface area contributed by atoms with Gasteiger partial charge in [0.25, 0.3) is 0 Å². The number of rotatable bonds is 4. The van der Waals surface area contributed by atoms with Gasteiger partial charge in [0, 0.05) is 19.3 Å². The van der Waals surface area contributed by atoms with Gasteiger partial charge in [0.05, 0.1) is 15.5 Å². The summed E-state index contributed by atoms with van der Waals surface area (Å²) in [5.41, 5.74) is 0.520. The number of hydrogen-bond acceptors (Lipinski definition) is 4. The molecule has 0 bridgehead atoms. The number of hydrogen-bond donors (Lipinski definition) is 0. The molecule has 1 atom stereocenters. The second kappa shape index (κ2) is 7.27. The van der Waals surface area contributed by atoms with Crippen molar-refractivity contribution in [3.8, 4) is 0 Å². The second-order valence-corrected chi connectivity index (χ2v) is 10.3. The number of piperidine rings is 1. The summed E-state index contributed by atoms with van der Waals surface area (Å²) in [6, 6.07) is 15.5. The molecule has 0 N–H and O–H groups in total. The summed E-state index contributed by atoms with van der Waals surface area (Å²) in [4.78, 5) is 0.916. The number of benzene rings is 2. The largest absolute Gasteiger partial charge is 0.228 e. The smallest absolute Gasteiger partial charge is 0.175 e. The van der Waals surface area contributed by atoms with E-state index in [1.54, 1.807) is 12.1 Å². The van der Waals surface area contributed by atoms with E-state index >= 15 is 0 Å². The van der Waals surface area contributed by atoms with Crippen LogP contribution in [0.4, 0.5) is 5.69 Å². The molecule has 0 radical (unpaired) electrons. The zero-order valence-corrected chi connectivity index (χ0v) is 15.8. The van der Waals surface area contributed by atoms with E-state index in [2.05, 4.69) is 4.36 Å². The highest BCUT2D eigenvalue weighted by Gasteiger charge is 2.24. The van der Waals surface area contributed by atoms with Crippen LogP contribution in [-0.4, -0.2) is 36.3 Å². The molecule has 25 heavy (non-hydrogen) atoms. The molecule has 1 unspecified atom stereocenters. The Hall–Kier alpha value is -1.70. The van der Waals surface area contributed by atoms with Gasteiger partial charge in [-0.1, -0.05) is 24.6 Å².